The number of rotatable bonds is 7. The Morgan fingerprint density at radius 2 is 2.00 bits per heavy atom. The van der Waals surface area contributed by atoms with Crippen LogP contribution in [-0.2, 0) is 4.74 Å². The largest absolute Gasteiger partial charge is 0.377 e. The third-order valence-electron chi connectivity index (χ3n) is 3.48. The molecule has 1 aliphatic rings. The molecule has 1 rings (SSSR count). The molecule has 1 saturated heterocycles. The highest BCUT2D eigenvalue weighted by atomic mass is 16.5. The Morgan fingerprint density at radius 3 is 2.62 bits per heavy atom. The molecule has 3 nitrogen and oxygen atoms in total. The van der Waals surface area contributed by atoms with Crippen molar-refractivity contribution in [1.29, 1.82) is 0 Å². The van der Waals surface area contributed by atoms with Crippen molar-refractivity contribution in [2.24, 2.45) is 5.41 Å². The Kier molecular flexibility index (Phi) is 6.32. The second-order valence-corrected chi connectivity index (χ2v) is 5.51. The van der Waals surface area contributed by atoms with Crippen molar-refractivity contribution < 1.29 is 4.74 Å². The summed E-state index contributed by atoms with van der Waals surface area (Å²) in [7, 11) is 0. The SMILES string of the molecule is CCC(C)(C)CNCCOC1CCNCC1. The lowest BCUT2D eigenvalue weighted by molar-refractivity contribution is 0.0341. The van der Waals surface area contributed by atoms with Crippen molar-refractivity contribution in [1.82, 2.24) is 10.6 Å². The molecule has 0 aromatic rings. The van der Waals surface area contributed by atoms with Crippen LogP contribution < -0.4 is 10.6 Å². The highest BCUT2D eigenvalue weighted by Gasteiger charge is 2.15. The van der Waals surface area contributed by atoms with Gasteiger partial charge in [0.15, 0.2) is 0 Å². The first-order chi connectivity index (χ1) is 7.64. The Bertz CT molecular complexity index is 177. The summed E-state index contributed by atoms with van der Waals surface area (Å²) in [5, 5.41) is 6.82. The summed E-state index contributed by atoms with van der Waals surface area (Å²) < 4.78 is 5.83. The van der Waals surface area contributed by atoms with E-state index in [4.69, 9.17) is 4.74 Å². The van der Waals surface area contributed by atoms with E-state index in [1.165, 1.54) is 19.3 Å². The van der Waals surface area contributed by atoms with Crippen LogP contribution in [0.1, 0.15) is 40.0 Å². The highest BCUT2D eigenvalue weighted by molar-refractivity contribution is 4.70. The zero-order chi connectivity index (χ0) is 11.9. The molecule has 0 aromatic heterocycles. The normalized spacial score (nSPS) is 18.9. The van der Waals surface area contributed by atoms with Crippen molar-refractivity contribution in [2.45, 2.75) is 46.1 Å². The second-order valence-electron chi connectivity index (χ2n) is 5.51. The van der Waals surface area contributed by atoms with Crippen molar-refractivity contribution >= 4 is 0 Å². The molecule has 0 radical (unpaired) electrons. The van der Waals surface area contributed by atoms with E-state index in [1.54, 1.807) is 0 Å². The van der Waals surface area contributed by atoms with Gasteiger partial charge in [-0.05, 0) is 37.8 Å². The van der Waals surface area contributed by atoms with E-state index >= 15 is 0 Å². The van der Waals surface area contributed by atoms with Gasteiger partial charge >= 0.3 is 0 Å². The Hall–Kier alpha value is -0.120. The van der Waals surface area contributed by atoms with Crippen LogP contribution in [0.3, 0.4) is 0 Å². The molecule has 1 aliphatic heterocycles. The summed E-state index contributed by atoms with van der Waals surface area (Å²) in [5.41, 5.74) is 0.411. The molecule has 0 aliphatic carbocycles. The van der Waals surface area contributed by atoms with Crippen LogP contribution in [0.25, 0.3) is 0 Å². The number of hydrogen-bond donors (Lipinski definition) is 2. The van der Waals surface area contributed by atoms with Crippen molar-refractivity contribution in [3.8, 4) is 0 Å². The lowest BCUT2D eigenvalue weighted by Crippen LogP contribution is -2.35. The predicted octanol–water partition coefficient (Wildman–Crippen LogP) is 1.78. The summed E-state index contributed by atoms with van der Waals surface area (Å²) in [5.74, 6) is 0. The lowest BCUT2D eigenvalue weighted by atomic mass is 9.90. The minimum Gasteiger partial charge on any atom is -0.377 e. The summed E-state index contributed by atoms with van der Waals surface area (Å²) in [6.07, 6.45) is 4.04. The molecule has 1 fully saturated rings. The topological polar surface area (TPSA) is 33.3 Å². The molecular formula is C13H28N2O. The van der Waals surface area contributed by atoms with E-state index in [0.717, 1.165) is 32.8 Å². The van der Waals surface area contributed by atoms with Gasteiger partial charge in [0.25, 0.3) is 0 Å². The molecule has 0 saturated carbocycles. The molecule has 0 atom stereocenters. The maximum Gasteiger partial charge on any atom is 0.0600 e. The van der Waals surface area contributed by atoms with E-state index in [-0.39, 0.29) is 0 Å². The third-order valence-corrected chi connectivity index (χ3v) is 3.48. The molecule has 0 bridgehead atoms. The molecule has 0 amide bonds. The Balaban J connectivity index is 1.95. The van der Waals surface area contributed by atoms with Crippen molar-refractivity contribution in [2.75, 3.05) is 32.8 Å². The predicted molar refractivity (Wildman–Crippen MR) is 68.8 cm³/mol. The van der Waals surface area contributed by atoms with Gasteiger partial charge in [-0.3, -0.25) is 0 Å². The monoisotopic (exact) mass is 228 g/mol. The van der Waals surface area contributed by atoms with Gasteiger partial charge in [-0.25, -0.2) is 0 Å². The minimum atomic E-state index is 0.411. The van der Waals surface area contributed by atoms with Gasteiger partial charge in [0.1, 0.15) is 0 Å². The molecule has 16 heavy (non-hydrogen) atoms. The average molecular weight is 228 g/mol. The van der Waals surface area contributed by atoms with Crippen molar-refractivity contribution in [3.63, 3.8) is 0 Å². The molecule has 1 heterocycles. The Morgan fingerprint density at radius 1 is 1.31 bits per heavy atom. The molecular weight excluding hydrogens is 200 g/mol. The molecule has 96 valence electrons. The molecule has 0 unspecified atom stereocenters. The van der Waals surface area contributed by atoms with E-state index < -0.39 is 0 Å². The quantitative estimate of drug-likeness (QED) is 0.652. The summed E-state index contributed by atoms with van der Waals surface area (Å²) in [6.45, 7) is 12.0. The molecule has 0 spiro atoms. The number of hydrogen-bond acceptors (Lipinski definition) is 3. The molecule has 3 heteroatoms. The number of ether oxygens (including phenoxy) is 1. The smallest absolute Gasteiger partial charge is 0.0600 e. The summed E-state index contributed by atoms with van der Waals surface area (Å²) in [4.78, 5) is 0. The van der Waals surface area contributed by atoms with Gasteiger partial charge in [0.05, 0.1) is 12.7 Å². The zero-order valence-corrected chi connectivity index (χ0v) is 11.1. The van der Waals surface area contributed by atoms with Gasteiger partial charge in [0, 0.05) is 13.1 Å². The molecule has 0 aromatic carbocycles. The number of piperidine rings is 1. The highest BCUT2D eigenvalue weighted by Crippen LogP contribution is 2.17. The first kappa shape index (κ1) is 13.9. The minimum absolute atomic E-state index is 0.411. The van der Waals surface area contributed by atoms with Crippen molar-refractivity contribution in [3.05, 3.63) is 0 Å². The first-order valence-corrected chi connectivity index (χ1v) is 6.67. The van der Waals surface area contributed by atoms with Crippen LogP contribution in [0.15, 0.2) is 0 Å². The fraction of sp³-hybridized carbons (Fsp3) is 1.00. The fourth-order valence-electron chi connectivity index (χ4n) is 1.81. The lowest BCUT2D eigenvalue weighted by Gasteiger charge is -2.25. The maximum atomic E-state index is 5.83. The summed E-state index contributed by atoms with van der Waals surface area (Å²) in [6, 6.07) is 0. The van der Waals surface area contributed by atoms with Crippen LogP contribution in [0.4, 0.5) is 0 Å². The van der Waals surface area contributed by atoms with Gasteiger partial charge < -0.3 is 15.4 Å². The second kappa shape index (κ2) is 7.25. The van der Waals surface area contributed by atoms with E-state index in [1.807, 2.05) is 0 Å². The Labute approximate surface area is 100 Å². The van der Waals surface area contributed by atoms with Gasteiger partial charge in [0.2, 0.25) is 0 Å². The number of nitrogens with one attached hydrogen (secondary N) is 2. The van der Waals surface area contributed by atoms with Crippen LogP contribution in [0.5, 0.6) is 0 Å². The molecule has 2 N–H and O–H groups in total. The average Bonchev–Trinajstić information content (AvgIpc) is 2.30. The van der Waals surface area contributed by atoms with Crippen LogP contribution >= 0.6 is 0 Å². The van der Waals surface area contributed by atoms with Gasteiger partial charge in [-0.1, -0.05) is 20.8 Å². The zero-order valence-electron chi connectivity index (χ0n) is 11.1. The van der Waals surface area contributed by atoms with Crippen LogP contribution in [0.2, 0.25) is 0 Å². The van der Waals surface area contributed by atoms with E-state index in [9.17, 15) is 0 Å². The standard InChI is InChI=1S/C13H28N2O/c1-4-13(2,3)11-15-9-10-16-12-5-7-14-8-6-12/h12,14-15H,4-11H2,1-3H3. The fourth-order valence-corrected chi connectivity index (χ4v) is 1.81. The van der Waals surface area contributed by atoms with Crippen LogP contribution in [0, 0.1) is 5.41 Å². The van der Waals surface area contributed by atoms with E-state index in [2.05, 4.69) is 31.4 Å². The van der Waals surface area contributed by atoms with Gasteiger partial charge in [-0.15, -0.1) is 0 Å². The van der Waals surface area contributed by atoms with E-state index in [0.29, 0.717) is 11.5 Å². The summed E-state index contributed by atoms with van der Waals surface area (Å²) >= 11 is 0. The van der Waals surface area contributed by atoms with Gasteiger partial charge in [-0.2, -0.15) is 0 Å². The van der Waals surface area contributed by atoms with Crippen LogP contribution in [-0.4, -0.2) is 38.9 Å². The third kappa shape index (κ3) is 5.83. The first-order valence-electron chi connectivity index (χ1n) is 6.67. The maximum absolute atomic E-state index is 5.83.